The minimum Gasteiger partial charge on any atom is -0.476 e. The Morgan fingerprint density at radius 3 is 2.67 bits per heavy atom. The highest BCUT2D eigenvalue weighted by atomic mass is 19.1. The molecule has 0 aliphatic rings. The number of aromatic nitrogens is 3. The Morgan fingerprint density at radius 2 is 1.90 bits per heavy atom. The van der Waals surface area contributed by atoms with E-state index in [1.807, 2.05) is 6.92 Å². The molecule has 21 heavy (non-hydrogen) atoms. The van der Waals surface area contributed by atoms with Crippen molar-refractivity contribution in [1.29, 1.82) is 0 Å². The molecule has 0 bridgehead atoms. The number of hydrogen-bond donors (Lipinski definition) is 1. The van der Waals surface area contributed by atoms with E-state index >= 15 is 0 Å². The average Bonchev–Trinajstić information content (AvgIpc) is 2.48. The van der Waals surface area contributed by atoms with Gasteiger partial charge in [0.05, 0.1) is 17.8 Å². The molecule has 0 fully saturated rings. The number of rotatable bonds is 3. The van der Waals surface area contributed by atoms with Gasteiger partial charge in [-0.05, 0) is 31.2 Å². The Labute approximate surface area is 120 Å². The molecule has 6 heteroatoms. The third-order valence-corrected chi connectivity index (χ3v) is 2.96. The molecule has 0 aliphatic heterocycles. The zero-order chi connectivity index (χ0) is 14.8. The van der Waals surface area contributed by atoms with Crippen LogP contribution in [0.1, 0.15) is 6.92 Å². The molecule has 2 N–H and O–H groups in total. The number of nitrogens with zero attached hydrogens (tertiary/aromatic N) is 3. The van der Waals surface area contributed by atoms with E-state index in [0.717, 1.165) is 0 Å². The number of ether oxygens (including phenoxy) is 1. The van der Waals surface area contributed by atoms with Gasteiger partial charge in [0, 0.05) is 5.56 Å². The van der Waals surface area contributed by atoms with Crippen LogP contribution in [0.4, 0.5) is 10.3 Å². The molecule has 2 heterocycles. The van der Waals surface area contributed by atoms with Gasteiger partial charge in [0.2, 0.25) is 11.8 Å². The van der Waals surface area contributed by atoms with Crippen LogP contribution in [0.25, 0.3) is 22.3 Å². The van der Waals surface area contributed by atoms with Crippen LogP contribution in [0, 0.1) is 5.82 Å². The first-order valence-electron chi connectivity index (χ1n) is 6.51. The SMILES string of the molecule is CCOc1nc(N)nc2ccc(-c3ccccc3F)nc12. The standard InChI is InChI=1S/C15H13FN4O/c1-2-21-14-13-12(19-15(17)20-14)8-7-11(18-13)9-5-3-4-6-10(9)16/h3-8H,2H2,1H3,(H2,17,19,20). The second kappa shape index (κ2) is 5.32. The monoisotopic (exact) mass is 284 g/mol. The number of nitrogens with two attached hydrogens (primary N) is 1. The number of fused-ring (bicyclic) bond motifs is 1. The van der Waals surface area contributed by atoms with E-state index < -0.39 is 0 Å². The molecule has 2 aromatic heterocycles. The fourth-order valence-electron chi connectivity index (χ4n) is 2.06. The van der Waals surface area contributed by atoms with Crippen LogP contribution in [-0.2, 0) is 0 Å². The Balaban J connectivity index is 2.22. The predicted octanol–water partition coefficient (Wildman–Crippen LogP) is 2.81. The maximum Gasteiger partial charge on any atom is 0.245 e. The molecule has 0 unspecified atom stereocenters. The number of pyridine rings is 1. The van der Waals surface area contributed by atoms with Crippen LogP contribution in [0.15, 0.2) is 36.4 Å². The second-order valence-corrected chi connectivity index (χ2v) is 4.36. The summed E-state index contributed by atoms with van der Waals surface area (Å²) in [5, 5.41) is 0. The van der Waals surface area contributed by atoms with Gasteiger partial charge in [-0.15, -0.1) is 0 Å². The van der Waals surface area contributed by atoms with E-state index in [1.54, 1.807) is 30.3 Å². The van der Waals surface area contributed by atoms with Crippen LogP contribution >= 0.6 is 0 Å². The zero-order valence-corrected chi connectivity index (χ0v) is 11.4. The average molecular weight is 284 g/mol. The number of hydrogen-bond acceptors (Lipinski definition) is 5. The molecule has 0 aliphatic carbocycles. The van der Waals surface area contributed by atoms with Crippen molar-refractivity contribution in [1.82, 2.24) is 15.0 Å². The first-order valence-corrected chi connectivity index (χ1v) is 6.51. The van der Waals surface area contributed by atoms with Crippen molar-refractivity contribution in [2.75, 3.05) is 12.3 Å². The van der Waals surface area contributed by atoms with Crippen LogP contribution < -0.4 is 10.5 Å². The number of anilines is 1. The Hall–Kier alpha value is -2.76. The Morgan fingerprint density at radius 1 is 1.10 bits per heavy atom. The lowest BCUT2D eigenvalue weighted by Gasteiger charge is -2.08. The number of halogens is 1. The van der Waals surface area contributed by atoms with Crippen LogP contribution in [0.2, 0.25) is 0 Å². The lowest BCUT2D eigenvalue weighted by Crippen LogP contribution is -2.03. The summed E-state index contributed by atoms with van der Waals surface area (Å²) < 4.78 is 19.3. The summed E-state index contributed by atoms with van der Waals surface area (Å²) in [5.74, 6) is 0.0863. The maximum atomic E-state index is 13.9. The summed E-state index contributed by atoms with van der Waals surface area (Å²) in [6.07, 6.45) is 0. The van der Waals surface area contributed by atoms with Gasteiger partial charge in [0.15, 0.2) is 5.52 Å². The van der Waals surface area contributed by atoms with Crippen molar-refractivity contribution in [2.45, 2.75) is 6.92 Å². The third kappa shape index (κ3) is 2.47. The van der Waals surface area contributed by atoms with Gasteiger partial charge < -0.3 is 10.5 Å². The molecular weight excluding hydrogens is 271 g/mol. The molecule has 5 nitrogen and oxygen atoms in total. The molecule has 106 valence electrons. The van der Waals surface area contributed by atoms with Gasteiger partial charge in [0.25, 0.3) is 0 Å². The lowest BCUT2D eigenvalue weighted by molar-refractivity contribution is 0.330. The van der Waals surface area contributed by atoms with Crippen LogP contribution in [0.3, 0.4) is 0 Å². The molecule has 3 rings (SSSR count). The highest BCUT2D eigenvalue weighted by molar-refractivity contribution is 5.83. The van der Waals surface area contributed by atoms with Crippen LogP contribution in [0.5, 0.6) is 5.88 Å². The van der Waals surface area contributed by atoms with Crippen molar-refractivity contribution < 1.29 is 9.13 Å². The van der Waals surface area contributed by atoms with Gasteiger partial charge >= 0.3 is 0 Å². The summed E-state index contributed by atoms with van der Waals surface area (Å²) in [6.45, 7) is 2.27. The molecule has 0 atom stereocenters. The minimum absolute atomic E-state index is 0.117. The van der Waals surface area contributed by atoms with Crippen molar-refractivity contribution in [3.05, 3.63) is 42.2 Å². The molecule has 0 saturated carbocycles. The van der Waals surface area contributed by atoms with E-state index in [0.29, 0.717) is 34.8 Å². The topological polar surface area (TPSA) is 73.9 Å². The van der Waals surface area contributed by atoms with Gasteiger partial charge in [0.1, 0.15) is 5.82 Å². The molecule has 3 aromatic rings. The highest BCUT2D eigenvalue weighted by Gasteiger charge is 2.12. The normalized spacial score (nSPS) is 10.8. The van der Waals surface area contributed by atoms with E-state index in [1.165, 1.54) is 6.07 Å². The predicted molar refractivity (Wildman–Crippen MR) is 78.3 cm³/mol. The van der Waals surface area contributed by atoms with Crippen LogP contribution in [-0.4, -0.2) is 21.6 Å². The van der Waals surface area contributed by atoms with Gasteiger partial charge in [-0.25, -0.2) is 14.4 Å². The van der Waals surface area contributed by atoms with E-state index in [4.69, 9.17) is 10.5 Å². The summed E-state index contributed by atoms with van der Waals surface area (Å²) in [7, 11) is 0. The van der Waals surface area contributed by atoms with E-state index in [-0.39, 0.29) is 11.8 Å². The van der Waals surface area contributed by atoms with Gasteiger partial charge in [-0.3, -0.25) is 0 Å². The minimum atomic E-state index is -0.335. The fourth-order valence-corrected chi connectivity index (χ4v) is 2.06. The lowest BCUT2D eigenvalue weighted by atomic mass is 10.1. The Bertz CT molecular complexity index is 807. The molecule has 0 spiro atoms. The Kier molecular flexibility index (Phi) is 3.35. The zero-order valence-electron chi connectivity index (χ0n) is 11.4. The van der Waals surface area contributed by atoms with E-state index in [9.17, 15) is 4.39 Å². The van der Waals surface area contributed by atoms with Gasteiger partial charge in [-0.2, -0.15) is 4.98 Å². The highest BCUT2D eigenvalue weighted by Crippen LogP contribution is 2.27. The maximum absolute atomic E-state index is 13.9. The third-order valence-electron chi connectivity index (χ3n) is 2.96. The summed E-state index contributed by atoms with van der Waals surface area (Å²) in [5.41, 5.74) is 7.57. The number of benzene rings is 1. The first-order chi connectivity index (χ1) is 10.2. The largest absolute Gasteiger partial charge is 0.476 e. The number of nitrogen functional groups attached to an aromatic ring is 1. The van der Waals surface area contributed by atoms with Gasteiger partial charge in [-0.1, -0.05) is 12.1 Å². The fraction of sp³-hybridized carbons (Fsp3) is 0.133. The summed E-state index contributed by atoms with van der Waals surface area (Å²) >= 11 is 0. The second-order valence-electron chi connectivity index (χ2n) is 4.36. The summed E-state index contributed by atoms with van der Waals surface area (Å²) in [6, 6.07) is 9.88. The van der Waals surface area contributed by atoms with E-state index in [2.05, 4.69) is 15.0 Å². The van der Waals surface area contributed by atoms with Crippen molar-refractivity contribution >= 4 is 17.0 Å². The van der Waals surface area contributed by atoms with Crippen molar-refractivity contribution in [2.24, 2.45) is 0 Å². The molecule has 1 aromatic carbocycles. The molecular formula is C15H13FN4O. The first kappa shape index (κ1) is 13.2. The van der Waals surface area contributed by atoms with Crippen molar-refractivity contribution in [3.63, 3.8) is 0 Å². The molecule has 0 amide bonds. The molecule has 0 saturated heterocycles. The quantitative estimate of drug-likeness (QED) is 0.800. The summed E-state index contributed by atoms with van der Waals surface area (Å²) in [4.78, 5) is 12.6. The smallest absolute Gasteiger partial charge is 0.245 e. The molecule has 0 radical (unpaired) electrons. The van der Waals surface area contributed by atoms with Crippen molar-refractivity contribution in [3.8, 4) is 17.1 Å².